The summed E-state index contributed by atoms with van der Waals surface area (Å²) < 4.78 is 5.30. The molecule has 1 saturated carbocycles. The monoisotopic (exact) mass is 290 g/mol. The molecule has 0 aliphatic heterocycles. The van der Waals surface area contributed by atoms with Crippen LogP contribution >= 0.6 is 0 Å². The van der Waals surface area contributed by atoms with E-state index in [1.54, 1.807) is 7.11 Å². The first-order valence-electron chi connectivity index (χ1n) is 8.27. The minimum atomic E-state index is 0.456. The van der Waals surface area contributed by atoms with Gasteiger partial charge in [0.2, 0.25) is 0 Å². The number of rotatable bonds is 10. The highest BCUT2D eigenvalue weighted by molar-refractivity contribution is 5.27. The minimum absolute atomic E-state index is 0.456. The zero-order valence-corrected chi connectivity index (χ0v) is 13.8. The van der Waals surface area contributed by atoms with Crippen LogP contribution in [-0.2, 0) is 17.7 Å². The van der Waals surface area contributed by atoms with Gasteiger partial charge in [0.25, 0.3) is 0 Å². The summed E-state index contributed by atoms with van der Waals surface area (Å²) in [5.74, 6) is 0. The number of benzene rings is 1. The van der Waals surface area contributed by atoms with Crippen molar-refractivity contribution >= 4 is 0 Å². The molecule has 0 heterocycles. The second-order valence-corrected chi connectivity index (χ2v) is 6.11. The van der Waals surface area contributed by atoms with Gasteiger partial charge in [0.05, 0.1) is 6.61 Å². The third-order valence-corrected chi connectivity index (χ3v) is 4.33. The van der Waals surface area contributed by atoms with Gasteiger partial charge in [0, 0.05) is 25.7 Å². The van der Waals surface area contributed by atoms with Gasteiger partial charge < -0.3 is 10.1 Å². The van der Waals surface area contributed by atoms with E-state index < -0.39 is 0 Å². The number of hydrogen-bond donors (Lipinski definition) is 1. The number of ether oxygens (including phenoxy) is 1. The number of nitrogens with one attached hydrogen (secondary N) is 1. The second-order valence-electron chi connectivity index (χ2n) is 6.11. The Bertz CT molecular complexity index is 417. The van der Waals surface area contributed by atoms with Crippen molar-refractivity contribution in [2.24, 2.45) is 0 Å². The molecule has 2 rings (SSSR count). The van der Waals surface area contributed by atoms with Crippen LogP contribution in [0.2, 0.25) is 0 Å². The first-order chi connectivity index (χ1) is 10.2. The SMILES string of the molecule is CCN(Cc1ccccc1CCNC1CC1)C(C)COC. The normalized spacial score (nSPS) is 16.4. The predicted molar refractivity (Wildman–Crippen MR) is 88.6 cm³/mol. The summed E-state index contributed by atoms with van der Waals surface area (Å²) in [4.78, 5) is 2.48. The fraction of sp³-hybridized carbons (Fsp3) is 0.667. The number of methoxy groups -OCH3 is 1. The maximum absolute atomic E-state index is 5.30. The van der Waals surface area contributed by atoms with Crippen molar-refractivity contribution in [3.05, 3.63) is 35.4 Å². The second kappa shape index (κ2) is 8.52. The Morgan fingerprint density at radius 2 is 2.00 bits per heavy atom. The van der Waals surface area contributed by atoms with E-state index in [9.17, 15) is 0 Å². The lowest BCUT2D eigenvalue weighted by atomic mass is 10.0. The van der Waals surface area contributed by atoms with Crippen LogP contribution < -0.4 is 5.32 Å². The van der Waals surface area contributed by atoms with E-state index in [0.29, 0.717) is 6.04 Å². The van der Waals surface area contributed by atoms with E-state index in [4.69, 9.17) is 4.74 Å². The molecule has 0 amide bonds. The first-order valence-corrected chi connectivity index (χ1v) is 8.27. The smallest absolute Gasteiger partial charge is 0.0615 e. The quantitative estimate of drug-likeness (QED) is 0.717. The van der Waals surface area contributed by atoms with Crippen LogP contribution in [0.5, 0.6) is 0 Å². The Morgan fingerprint density at radius 1 is 1.29 bits per heavy atom. The zero-order chi connectivity index (χ0) is 15.1. The van der Waals surface area contributed by atoms with Crippen LogP contribution in [0.15, 0.2) is 24.3 Å². The highest BCUT2D eigenvalue weighted by Gasteiger charge is 2.20. The summed E-state index contributed by atoms with van der Waals surface area (Å²) in [6.45, 7) is 8.42. The van der Waals surface area contributed by atoms with Crippen molar-refractivity contribution in [3.8, 4) is 0 Å². The van der Waals surface area contributed by atoms with Crippen LogP contribution in [0.25, 0.3) is 0 Å². The molecule has 1 aromatic carbocycles. The molecular weight excluding hydrogens is 260 g/mol. The topological polar surface area (TPSA) is 24.5 Å². The van der Waals surface area contributed by atoms with Gasteiger partial charge in [-0.05, 0) is 50.4 Å². The molecule has 1 N–H and O–H groups in total. The molecule has 1 atom stereocenters. The van der Waals surface area contributed by atoms with Crippen molar-refractivity contribution < 1.29 is 4.74 Å². The average molecular weight is 290 g/mol. The van der Waals surface area contributed by atoms with E-state index in [2.05, 4.69) is 48.3 Å². The Hall–Kier alpha value is -0.900. The Morgan fingerprint density at radius 3 is 2.62 bits per heavy atom. The van der Waals surface area contributed by atoms with Gasteiger partial charge in [-0.25, -0.2) is 0 Å². The average Bonchev–Trinajstić information content (AvgIpc) is 3.30. The van der Waals surface area contributed by atoms with Crippen LogP contribution in [0, 0.1) is 0 Å². The maximum Gasteiger partial charge on any atom is 0.0615 e. The summed E-state index contributed by atoms with van der Waals surface area (Å²) in [7, 11) is 1.78. The fourth-order valence-corrected chi connectivity index (χ4v) is 2.80. The number of hydrogen-bond acceptors (Lipinski definition) is 3. The van der Waals surface area contributed by atoms with Crippen LogP contribution in [0.4, 0.5) is 0 Å². The van der Waals surface area contributed by atoms with E-state index in [-0.39, 0.29) is 0 Å². The van der Waals surface area contributed by atoms with E-state index in [1.165, 1.54) is 24.0 Å². The molecule has 1 aliphatic rings. The van der Waals surface area contributed by atoms with Gasteiger partial charge in [-0.3, -0.25) is 4.90 Å². The minimum Gasteiger partial charge on any atom is -0.383 e. The summed E-state index contributed by atoms with van der Waals surface area (Å²) in [6, 6.07) is 10.1. The lowest BCUT2D eigenvalue weighted by Gasteiger charge is -2.28. The highest BCUT2D eigenvalue weighted by atomic mass is 16.5. The van der Waals surface area contributed by atoms with Gasteiger partial charge in [-0.2, -0.15) is 0 Å². The molecule has 0 spiro atoms. The van der Waals surface area contributed by atoms with Crippen molar-refractivity contribution in [1.29, 1.82) is 0 Å². The van der Waals surface area contributed by atoms with Gasteiger partial charge >= 0.3 is 0 Å². The molecule has 3 heteroatoms. The summed E-state index contributed by atoms with van der Waals surface area (Å²) in [5.41, 5.74) is 2.94. The lowest BCUT2D eigenvalue weighted by molar-refractivity contribution is 0.0980. The summed E-state index contributed by atoms with van der Waals surface area (Å²) in [6.07, 6.45) is 3.85. The van der Waals surface area contributed by atoms with Gasteiger partial charge in [-0.15, -0.1) is 0 Å². The first kappa shape index (κ1) is 16.5. The molecule has 21 heavy (non-hydrogen) atoms. The molecular formula is C18H30N2O. The molecule has 1 aliphatic carbocycles. The standard InChI is InChI=1S/C18H30N2O/c1-4-20(15(2)14-21-3)13-17-8-6-5-7-16(17)11-12-19-18-9-10-18/h5-8,15,18-19H,4,9-14H2,1-3H3. The van der Waals surface area contributed by atoms with Crippen molar-refractivity contribution in [1.82, 2.24) is 10.2 Å². The van der Waals surface area contributed by atoms with E-state index in [1.807, 2.05) is 0 Å². The lowest BCUT2D eigenvalue weighted by Crippen LogP contribution is -2.35. The third-order valence-electron chi connectivity index (χ3n) is 4.33. The summed E-state index contributed by atoms with van der Waals surface area (Å²) >= 11 is 0. The molecule has 1 fully saturated rings. The molecule has 1 unspecified atom stereocenters. The fourth-order valence-electron chi connectivity index (χ4n) is 2.80. The van der Waals surface area contributed by atoms with Crippen LogP contribution in [0.3, 0.4) is 0 Å². The van der Waals surface area contributed by atoms with E-state index >= 15 is 0 Å². The number of likely N-dealkylation sites (N-methyl/N-ethyl adjacent to an activating group) is 1. The Kier molecular flexibility index (Phi) is 6.68. The maximum atomic E-state index is 5.30. The van der Waals surface area contributed by atoms with Crippen LogP contribution in [0.1, 0.15) is 37.8 Å². The third kappa shape index (κ3) is 5.42. The zero-order valence-electron chi connectivity index (χ0n) is 13.8. The number of nitrogens with zero attached hydrogens (tertiary/aromatic N) is 1. The van der Waals surface area contributed by atoms with Gasteiger partial charge in [-0.1, -0.05) is 31.2 Å². The van der Waals surface area contributed by atoms with Crippen LogP contribution in [-0.4, -0.2) is 43.8 Å². The van der Waals surface area contributed by atoms with E-state index in [0.717, 1.165) is 38.7 Å². The van der Waals surface area contributed by atoms with Gasteiger partial charge in [0.1, 0.15) is 0 Å². The van der Waals surface area contributed by atoms with Crippen molar-refractivity contribution in [2.45, 2.75) is 51.7 Å². The molecule has 0 aromatic heterocycles. The summed E-state index contributed by atoms with van der Waals surface area (Å²) in [5, 5.41) is 3.61. The van der Waals surface area contributed by atoms with Crippen molar-refractivity contribution in [3.63, 3.8) is 0 Å². The largest absolute Gasteiger partial charge is 0.383 e. The molecule has 118 valence electrons. The molecule has 0 saturated heterocycles. The molecule has 1 aromatic rings. The molecule has 0 bridgehead atoms. The highest BCUT2D eigenvalue weighted by Crippen LogP contribution is 2.19. The predicted octanol–water partition coefficient (Wildman–Crippen LogP) is 2.84. The van der Waals surface area contributed by atoms with Gasteiger partial charge in [0.15, 0.2) is 0 Å². The molecule has 3 nitrogen and oxygen atoms in total. The Labute approximate surface area is 129 Å². The Balaban J connectivity index is 1.93. The van der Waals surface area contributed by atoms with Crippen molar-refractivity contribution in [2.75, 3.05) is 26.8 Å². The molecule has 0 radical (unpaired) electrons.